The average Bonchev–Trinajstić information content (AvgIpc) is 0.784. The second kappa shape index (κ2) is 24.3. The van der Waals surface area contributed by atoms with E-state index in [4.69, 9.17) is 9.47 Å². The van der Waals surface area contributed by atoms with Gasteiger partial charge in [-0.25, -0.2) is 0 Å². The third-order valence-corrected chi connectivity index (χ3v) is 19.3. The lowest BCUT2D eigenvalue weighted by Gasteiger charge is -2.13. The molecule has 0 aliphatic heterocycles. The van der Waals surface area contributed by atoms with Crippen LogP contribution >= 0.6 is 0 Å². The molecular weight excluding hydrogens is 1340 g/mol. The number of anilines is 2. The van der Waals surface area contributed by atoms with E-state index in [-0.39, 0.29) is 100 Å². The topological polar surface area (TPSA) is 496 Å². The first-order valence-electron chi connectivity index (χ1n) is 25.8. The molecule has 0 saturated carbocycles. The highest BCUT2D eigenvalue weighted by Gasteiger charge is 2.27. The molecule has 37 heteroatoms. The molecule has 93 heavy (non-hydrogen) atoms. The van der Waals surface area contributed by atoms with Crippen LogP contribution in [0.5, 0.6) is 23.0 Å². The Bertz CT molecular complexity index is 5400. The summed E-state index contributed by atoms with van der Waals surface area (Å²) < 4.78 is 221. The first kappa shape index (κ1) is 66.0. The van der Waals surface area contributed by atoms with E-state index in [9.17, 15) is 88.0 Å². The van der Waals surface area contributed by atoms with Crippen molar-refractivity contribution in [2.45, 2.75) is 43.2 Å². The summed E-state index contributed by atoms with van der Waals surface area (Å²) in [5.74, 6) is -1.64. The summed E-state index contributed by atoms with van der Waals surface area (Å²) in [6.07, 6.45) is 0. The van der Waals surface area contributed by atoms with E-state index in [0.29, 0.717) is 11.1 Å². The molecule has 0 saturated heterocycles. The molecule has 0 unspecified atom stereocenters. The SMILES string of the molecule is COc1cc(N=Nc2cc(S(=O)(=O)O)c3cccc(S(=O)(=O)O)c3c2)c(C)cc1N=Nc1c(S(=O)(=O)O)cc2cc(Nc3ccc4c(O)c(N=Nc5cc(C)c(N=Nc6cc(S(=O)(=O)O)c7cccc(S(=O)(=O)O)c7c6)cc5OC)c(S(=O)(=O)O)cc4c3)ccc2c1O. The zero-order valence-electron chi connectivity index (χ0n) is 47.5. The normalized spacial score (nSPS) is 13.1. The van der Waals surface area contributed by atoms with Crippen molar-refractivity contribution in [2.24, 2.45) is 40.9 Å². The Hall–Kier alpha value is -9.90. The molecule has 10 aromatic rings. The number of benzene rings is 10. The van der Waals surface area contributed by atoms with Crippen LogP contribution in [0.3, 0.4) is 0 Å². The monoisotopic (exact) mass is 1390 g/mol. The Morgan fingerprint density at radius 1 is 0.333 bits per heavy atom. The Kier molecular flexibility index (Phi) is 17.2. The number of hydrogen-bond donors (Lipinski definition) is 9. The summed E-state index contributed by atoms with van der Waals surface area (Å²) in [5.41, 5.74) is -0.910. The Morgan fingerprint density at radius 3 is 1.01 bits per heavy atom. The third-order valence-electron chi connectivity index (χ3n) is 13.9. The van der Waals surface area contributed by atoms with Crippen LogP contribution < -0.4 is 14.8 Å². The molecule has 0 aliphatic carbocycles. The van der Waals surface area contributed by atoms with E-state index in [1.165, 1.54) is 101 Å². The van der Waals surface area contributed by atoms with Gasteiger partial charge in [0.15, 0.2) is 11.5 Å². The van der Waals surface area contributed by atoms with Gasteiger partial charge in [-0.2, -0.15) is 71.0 Å². The number of hydrogen-bond acceptors (Lipinski definition) is 25. The van der Waals surface area contributed by atoms with Gasteiger partial charge >= 0.3 is 0 Å². The van der Waals surface area contributed by atoms with E-state index in [1.807, 2.05) is 0 Å². The van der Waals surface area contributed by atoms with Crippen molar-refractivity contribution in [2.75, 3.05) is 19.5 Å². The number of nitrogens with one attached hydrogen (secondary N) is 1. The van der Waals surface area contributed by atoms with Crippen LogP contribution in [0.15, 0.2) is 204 Å². The first-order valence-corrected chi connectivity index (χ1v) is 34.5. The quantitative estimate of drug-likeness (QED) is 0.0284. The van der Waals surface area contributed by atoms with Crippen LogP contribution in [0.2, 0.25) is 0 Å². The van der Waals surface area contributed by atoms with Crippen LogP contribution in [0.25, 0.3) is 43.1 Å². The average molecular weight is 1390 g/mol. The number of methoxy groups -OCH3 is 2. The molecule has 0 bridgehead atoms. The minimum absolute atomic E-state index is 0.00445. The summed E-state index contributed by atoms with van der Waals surface area (Å²) in [6.45, 7) is 3.04. The fourth-order valence-electron chi connectivity index (χ4n) is 9.68. The van der Waals surface area contributed by atoms with Crippen molar-refractivity contribution in [1.29, 1.82) is 0 Å². The van der Waals surface area contributed by atoms with E-state index < -0.39 is 113 Å². The zero-order valence-corrected chi connectivity index (χ0v) is 52.4. The van der Waals surface area contributed by atoms with Gasteiger partial charge in [-0.1, -0.05) is 24.3 Å². The minimum Gasteiger partial charge on any atom is -0.505 e. The number of azo groups is 4. The molecule has 480 valence electrons. The van der Waals surface area contributed by atoms with Gasteiger partial charge in [-0.15, -0.1) is 20.5 Å². The molecular formula is C56H43N9O22S6. The molecule has 0 aliphatic rings. The maximum absolute atomic E-state index is 12.9. The molecule has 0 fully saturated rings. The zero-order chi connectivity index (χ0) is 67.7. The molecule has 0 amide bonds. The van der Waals surface area contributed by atoms with Crippen molar-refractivity contribution in [3.63, 3.8) is 0 Å². The van der Waals surface area contributed by atoms with Gasteiger partial charge in [0.25, 0.3) is 60.7 Å². The predicted octanol–water partition coefficient (Wildman–Crippen LogP) is 13.2. The lowest BCUT2D eigenvalue weighted by Crippen LogP contribution is -2.03. The molecule has 0 heterocycles. The highest BCUT2D eigenvalue weighted by molar-refractivity contribution is 7.87. The van der Waals surface area contributed by atoms with Gasteiger partial charge in [0, 0.05) is 55.8 Å². The number of phenols is 2. The van der Waals surface area contributed by atoms with Crippen molar-refractivity contribution < 1.29 is 97.5 Å². The summed E-state index contributed by atoms with van der Waals surface area (Å²) >= 11 is 0. The highest BCUT2D eigenvalue weighted by atomic mass is 32.2. The number of fused-ring (bicyclic) bond motifs is 4. The molecule has 10 rings (SSSR count). The molecule has 31 nitrogen and oxygen atoms in total. The van der Waals surface area contributed by atoms with Gasteiger partial charge in [0.2, 0.25) is 0 Å². The minimum atomic E-state index is -5.18. The smallest absolute Gasteiger partial charge is 0.296 e. The van der Waals surface area contributed by atoms with Crippen LogP contribution in [0.1, 0.15) is 11.1 Å². The van der Waals surface area contributed by atoms with E-state index >= 15 is 0 Å². The molecule has 9 N–H and O–H groups in total. The summed E-state index contributed by atoms with van der Waals surface area (Å²) in [4.78, 5) is -4.62. The second-order valence-corrected chi connectivity index (χ2v) is 28.3. The first-order chi connectivity index (χ1) is 43.4. The van der Waals surface area contributed by atoms with Gasteiger partial charge in [-0.3, -0.25) is 27.3 Å². The number of aromatic hydroxyl groups is 2. The predicted molar refractivity (Wildman–Crippen MR) is 333 cm³/mol. The van der Waals surface area contributed by atoms with Crippen molar-refractivity contribution in [1.82, 2.24) is 0 Å². The number of phenolic OH excluding ortho intramolecular Hbond substituents is 2. The van der Waals surface area contributed by atoms with Gasteiger partial charge in [-0.05, 0) is 133 Å². The molecule has 0 aromatic heterocycles. The molecule has 0 atom stereocenters. The van der Waals surface area contributed by atoms with Gasteiger partial charge < -0.3 is 25.0 Å². The Labute approximate surface area is 526 Å². The van der Waals surface area contributed by atoms with Crippen molar-refractivity contribution >= 4 is 161 Å². The Balaban J connectivity index is 0.919. The summed E-state index contributed by atoms with van der Waals surface area (Å²) in [7, 11) is -27.6. The maximum atomic E-state index is 12.9. The highest BCUT2D eigenvalue weighted by Crippen LogP contribution is 2.47. The number of aryl methyl sites for hydroxylation is 2. The van der Waals surface area contributed by atoms with Crippen LogP contribution in [0.4, 0.5) is 56.9 Å². The van der Waals surface area contributed by atoms with Crippen molar-refractivity contribution in [3.05, 3.63) is 145 Å². The lowest BCUT2D eigenvalue weighted by molar-refractivity contribution is 0.415. The van der Waals surface area contributed by atoms with E-state index in [2.05, 4.69) is 46.2 Å². The molecule has 0 spiro atoms. The second-order valence-electron chi connectivity index (χ2n) is 20.0. The fraction of sp³-hybridized carbons (Fsp3) is 0.0714. The summed E-state index contributed by atoms with van der Waals surface area (Å²) in [6, 6.07) is 26.4. The molecule has 10 aromatic carbocycles. The maximum Gasteiger partial charge on any atom is 0.296 e. The standard InChI is InChI=1S/C56H43N9O22S6/c1-27-15-43(45(86-3)25-41(27)60-58-33-21-39-37(49(23-33)90(74,75)76)7-5-9-47(39)88(68,69)70)62-64-53-51(92(80,81)82)19-29-17-31(11-13-35(29)55(53)66)57-32-12-14-36-30(18-32)20-52(93(83,84)85)54(56(36)67)65-63-44-16-28(2)42(26-46(44)87-4)61-59-34-22-40-38(50(24-34)91(77,78)79)8-6-10-48(40)89(71,72)73/h5-26,57,66-67H,1-4H3,(H,68,69,70)(H,71,72,73)(H,74,75,76)(H,77,78,79)(H,80,81,82)(H,83,84,85). The van der Waals surface area contributed by atoms with Crippen LogP contribution in [-0.2, 0) is 60.7 Å². The lowest BCUT2D eigenvalue weighted by atomic mass is 10.1. The molecule has 0 radical (unpaired) electrons. The van der Waals surface area contributed by atoms with Crippen LogP contribution in [-0.4, -0.2) is 102 Å². The number of ether oxygens (including phenoxy) is 2. The van der Waals surface area contributed by atoms with Gasteiger partial charge in [0.05, 0.1) is 37.0 Å². The van der Waals surface area contributed by atoms with Crippen molar-refractivity contribution in [3.8, 4) is 23.0 Å². The summed E-state index contributed by atoms with van der Waals surface area (Å²) in [5, 5.41) is 57.5. The number of rotatable bonds is 18. The number of nitrogens with zero attached hydrogens (tertiary/aromatic N) is 8. The largest absolute Gasteiger partial charge is 0.505 e. The Morgan fingerprint density at radius 2 is 0.677 bits per heavy atom. The fourth-order valence-corrected chi connectivity index (χ4v) is 13.8. The van der Waals surface area contributed by atoms with E-state index in [1.54, 1.807) is 0 Å². The van der Waals surface area contributed by atoms with E-state index in [0.717, 1.165) is 60.7 Å². The third kappa shape index (κ3) is 13.7. The van der Waals surface area contributed by atoms with Gasteiger partial charge in [0.1, 0.15) is 63.6 Å². The van der Waals surface area contributed by atoms with Crippen LogP contribution in [0, 0.1) is 13.8 Å².